The van der Waals surface area contributed by atoms with Crippen molar-refractivity contribution in [2.75, 3.05) is 19.8 Å². The van der Waals surface area contributed by atoms with Crippen LogP contribution < -0.4 is 14.8 Å². The molecule has 1 atom stereocenters. The van der Waals surface area contributed by atoms with Crippen LogP contribution in [-0.4, -0.2) is 25.7 Å². The second kappa shape index (κ2) is 6.98. The Balaban J connectivity index is 2.23. The summed E-state index contributed by atoms with van der Waals surface area (Å²) in [4.78, 5) is 12.3. The quantitative estimate of drug-likeness (QED) is 0.843. The summed E-state index contributed by atoms with van der Waals surface area (Å²) in [6, 6.07) is 7.54. The molecule has 5 heteroatoms. The molecule has 2 rings (SSSR count). The van der Waals surface area contributed by atoms with Crippen molar-refractivity contribution in [3.63, 3.8) is 0 Å². The van der Waals surface area contributed by atoms with Crippen molar-refractivity contribution in [3.05, 3.63) is 23.8 Å². The molecule has 1 aliphatic rings. The third-order valence-corrected chi connectivity index (χ3v) is 3.33. The summed E-state index contributed by atoms with van der Waals surface area (Å²) in [5.41, 5.74) is 0.892. The van der Waals surface area contributed by atoms with Gasteiger partial charge in [-0.3, -0.25) is 4.79 Å². The topological polar surface area (TPSA) is 71.4 Å². The van der Waals surface area contributed by atoms with E-state index in [4.69, 9.17) is 14.7 Å². The first kappa shape index (κ1) is 15.2. The first-order chi connectivity index (χ1) is 10.1. The zero-order valence-corrected chi connectivity index (χ0v) is 12.4. The Morgan fingerprint density at radius 1 is 1.33 bits per heavy atom. The van der Waals surface area contributed by atoms with Gasteiger partial charge in [0, 0.05) is 0 Å². The first-order valence-corrected chi connectivity index (χ1v) is 7.16. The number of rotatable bonds is 5. The molecule has 0 saturated carbocycles. The number of nitrogens with one attached hydrogen (secondary N) is 1. The molecular weight excluding hydrogens is 268 g/mol. The lowest BCUT2D eigenvalue weighted by atomic mass is 9.89. The normalized spacial score (nSPS) is 14.4. The molecule has 1 heterocycles. The largest absolute Gasteiger partial charge is 0.486 e. The molecule has 1 aromatic rings. The first-order valence-electron chi connectivity index (χ1n) is 7.16. The highest BCUT2D eigenvalue weighted by molar-refractivity contribution is 5.84. The molecule has 0 aromatic heterocycles. The van der Waals surface area contributed by atoms with E-state index in [1.807, 2.05) is 24.3 Å². The average molecular weight is 288 g/mol. The fraction of sp³-hybridized carbons (Fsp3) is 0.500. The lowest BCUT2D eigenvalue weighted by molar-refractivity contribution is -0.122. The second-order valence-corrected chi connectivity index (χ2v) is 5.46. The maximum absolute atomic E-state index is 12.3. The fourth-order valence-corrected chi connectivity index (χ4v) is 2.39. The van der Waals surface area contributed by atoms with Gasteiger partial charge in [-0.1, -0.05) is 19.9 Å². The second-order valence-electron chi connectivity index (χ2n) is 5.46. The zero-order chi connectivity index (χ0) is 15.2. The fourth-order valence-electron chi connectivity index (χ4n) is 2.39. The number of hydrogen-bond acceptors (Lipinski definition) is 4. The van der Waals surface area contributed by atoms with Gasteiger partial charge in [0.1, 0.15) is 19.8 Å². The molecule has 0 fully saturated rings. The van der Waals surface area contributed by atoms with Crippen molar-refractivity contribution in [2.45, 2.75) is 26.2 Å². The number of benzene rings is 1. The number of amides is 1. The molecule has 1 amide bonds. The molecule has 21 heavy (non-hydrogen) atoms. The molecular formula is C16H20N2O3. The van der Waals surface area contributed by atoms with E-state index in [1.54, 1.807) is 0 Å². The Bertz CT molecular complexity index is 549. The molecule has 0 aliphatic carbocycles. The average Bonchev–Trinajstić information content (AvgIpc) is 2.49. The lowest BCUT2D eigenvalue weighted by Gasteiger charge is -2.22. The molecule has 0 spiro atoms. The molecule has 1 unspecified atom stereocenters. The van der Waals surface area contributed by atoms with Gasteiger partial charge in [0.05, 0.1) is 12.0 Å². The minimum Gasteiger partial charge on any atom is -0.486 e. The van der Waals surface area contributed by atoms with Crippen molar-refractivity contribution < 1.29 is 14.3 Å². The van der Waals surface area contributed by atoms with E-state index in [1.165, 1.54) is 0 Å². The smallest absolute Gasteiger partial charge is 0.228 e. The van der Waals surface area contributed by atoms with E-state index in [2.05, 4.69) is 19.2 Å². The van der Waals surface area contributed by atoms with Crippen molar-refractivity contribution >= 4 is 5.91 Å². The Hall–Kier alpha value is -2.22. The van der Waals surface area contributed by atoms with Crippen LogP contribution in [0.4, 0.5) is 0 Å². The minimum atomic E-state index is -0.283. The van der Waals surface area contributed by atoms with Crippen LogP contribution in [0, 0.1) is 17.2 Å². The van der Waals surface area contributed by atoms with Crippen LogP contribution >= 0.6 is 0 Å². The number of nitriles is 1. The van der Waals surface area contributed by atoms with E-state index >= 15 is 0 Å². The highest BCUT2D eigenvalue weighted by atomic mass is 16.6. The predicted octanol–water partition coefficient (Wildman–Crippen LogP) is 2.23. The summed E-state index contributed by atoms with van der Waals surface area (Å²) >= 11 is 0. The molecule has 112 valence electrons. The van der Waals surface area contributed by atoms with Crippen molar-refractivity contribution in [3.8, 4) is 17.6 Å². The maximum atomic E-state index is 12.3. The van der Waals surface area contributed by atoms with Crippen LogP contribution in [0.15, 0.2) is 18.2 Å². The molecule has 1 N–H and O–H groups in total. The van der Waals surface area contributed by atoms with Gasteiger partial charge in [-0.25, -0.2) is 0 Å². The van der Waals surface area contributed by atoms with Crippen molar-refractivity contribution in [2.24, 2.45) is 5.92 Å². The number of hydrogen-bond donors (Lipinski definition) is 1. The Kier molecular flexibility index (Phi) is 5.04. The van der Waals surface area contributed by atoms with Gasteiger partial charge in [0.2, 0.25) is 5.91 Å². The standard InChI is InChI=1S/C16H20N2O3/c1-11(2)9-13(16(19)18-6-5-17)12-3-4-14-15(10-12)21-8-7-20-14/h3-4,10-11,13H,6-9H2,1-2H3,(H,18,19). The Morgan fingerprint density at radius 2 is 2.05 bits per heavy atom. The Morgan fingerprint density at radius 3 is 2.71 bits per heavy atom. The summed E-state index contributed by atoms with van der Waals surface area (Å²) in [6.07, 6.45) is 0.719. The SMILES string of the molecule is CC(C)CC(C(=O)NCC#N)c1ccc2c(c1)OCCO2. The van der Waals surface area contributed by atoms with E-state index in [-0.39, 0.29) is 18.4 Å². The van der Waals surface area contributed by atoms with Gasteiger partial charge in [-0.2, -0.15) is 5.26 Å². The zero-order valence-electron chi connectivity index (χ0n) is 12.4. The summed E-state index contributed by atoms with van der Waals surface area (Å²) in [6.45, 7) is 5.24. The van der Waals surface area contributed by atoms with E-state index in [0.29, 0.717) is 30.6 Å². The number of carbonyl (C=O) groups is 1. The van der Waals surface area contributed by atoms with Crippen molar-refractivity contribution in [1.82, 2.24) is 5.32 Å². The molecule has 0 bridgehead atoms. The van der Waals surface area contributed by atoms with Crippen LogP contribution in [0.2, 0.25) is 0 Å². The van der Waals surface area contributed by atoms with Crippen molar-refractivity contribution in [1.29, 1.82) is 5.26 Å². The van der Waals surface area contributed by atoms with Gasteiger partial charge in [-0.15, -0.1) is 0 Å². The molecule has 1 aromatic carbocycles. The van der Waals surface area contributed by atoms with Crippen LogP contribution in [0.3, 0.4) is 0 Å². The van der Waals surface area contributed by atoms with E-state index in [9.17, 15) is 4.79 Å². The van der Waals surface area contributed by atoms with Gasteiger partial charge in [0.15, 0.2) is 11.5 Å². The van der Waals surface area contributed by atoms with Crippen LogP contribution in [0.25, 0.3) is 0 Å². The highest BCUT2D eigenvalue weighted by Gasteiger charge is 2.23. The minimum absolute atomic E-state index is 0.0258. The molecule has 0 radical (unpaired) electrons. The van der Waals surface area contributed by atoms with Gasteiger partial charge in [0.25, 0.3) is 0 Å². The Labute approximate surface area is 124 Å². The van der Waals surface area contributed by atoms with Gasteiger partial charge >= 0.3 is 0 Å². The maximum Gasteiger partial charge on any atom is 0.228 e. The molecule has 5 nitrogen and oxygen atoms in total. The summed E-state index contributed by atoms with van der Waals surface area (Å²) < 4.78 is 11.1. The lowest BCUT2D eigenvalue weighted by Crippen LogP contribution is -2.30. The third kappa shape index (κ3) is 3.88. The number of ether oxygens (including phenoxy) is 2. The highest BCUT2D eigenvalue weighted by Crippen LogP contribution is 2.35. The monoisotopic (exact) mass is 288 g/mol. The van der Waals surface area contributed by atoms with E-state index < -0.39 is 0 Å². The molecule has 1 aliphatic heterocycles. The summed E-state index contributed by atoms with van der Waals surface area (Å²) in [7, 11) is 0. The predicted molar refractivity (Wildman–Crippen MR) is 78.3 cm³/mol. The third-order valence-electron chi connectivity index (χ3n) is 3.33. The van der Waals surface area contributed by atoms with E-state index in [0.717, 1.165) is 12.0 Å². The number of fused-ring (bicyclic) bond motifs is 1. The van der Waals surface area contributed by atoms with Gasteiger partial charge < -0.3 is 14.8 Å². The number of carbonyl (C=O) groups excluding carboxylic acids is 1. The van der Waals surface area contributed by atoms with Gasteiger partial charge in [-0.05, 0) is 30.0 Å². The van der Waals surface area contributed by atoms with Crippen LogP contribution in [-0.2, 0) is 4.79 Å². The molecule has 0 saturated heterocycles. The summed E-state index contributed by atoms with van der Waals surface area (Å²) in [5.74, 6) is 1.36. The summed E-state index contributed by atoms with van der Waals surface area (Å²) in [5, 5.41) is 11.3. The number of nitrogens with zero attached hydrogens (tertiary/aromatic N) is 1. The van der Waals surface area contributed by atoms with Crippen LogP contribution in [0.1, 0.15) is 31.7 Å². The van der Waals surface area contributed by atoms with Crippen LogP contribution in [0.5, 0.6) is 11.5 Å².